The van der Waals surface area contributed by atoms with E-state index >= 15 is 0 Å². The summed E-state index contributed by atoms with van der Waals surface area (Å²) in [5.41, 5.74) is 1.32. The van der Waals surface area contributed by atoms with Crippen LogP contribution in [0.15, 0.2) is 60.7 Å². The largest absolute Gasteiger partial charge is 0.480 e. The first-order valence-corrected chi connectivity index (χ1v) is 9.49. The highest BCUT2D eigenvalue weighted by Crippen LogP contribution is 2.23. The molecule has 1 saturated heterocycles. The summed E-state index contributed by atoms with van der Waals surface area (Å²) in [6, 6.07) is 16.8. The number of piperidine rings is 1. The molecule has 3 rings (SSSR count). The molecular formula is C22H24N2O4. The normalized spacial score (nSPS) is 17.6. The minimum absolute atomic E-state index is 0.0202. The van der Waals surface area contributed by atoms with Crippen LogP contribution < -0.4 is 5.32 Å². The lowest BCUT2D eigenvalue weighted by Gasteiger charge is -2.34. The van der Waals surface area contributed by atoms with E-state index in [9.17, 15) is 19.5 Å². The van der Waals surface area contributed by atoms with E-state index in [1.165, 1.54) is 4.90 Å². The molecule has 6 nitrogen and oxygen atoms in total. The molecule has 2 aromatic rings. The Morgan fingerprint density at radius 1 is 1.00 bits per heavy atom. The molecule has 28 heavy (non-hydrogen) atoms. The van der Waals surface area contributed by atoms with Gasteiger partial charge in [-0.2, -0.15) is 0 Å². The van der Waals surface area contributed by atoms with Gasteiger partial charge in [0.05, 0.1) is 12.5 Å². The van der Waals surface area contributed by atoms with Crippen molar-refractivity contribution in [2.75, 3.05) is 6.54 Å². The zero-order valence-electron chi connectivity index (χ0n) is 15.6. The van der Waals surface area contributed by atoms with Crippen molar-refractivity contribution < 1.29 is 19.5 Å². The van der Waals surface area contributed by atoms with Gasteiger partial charge in [0.1, 0.15) is 6.04 Å². The van der Waals surface area contributed by atoms with Crippen molar-refractivity contribution in [3.8, 4) is 0 Å². The minimum atomic E-state index is -0.974. The molecule has 0 radical (unpaired) electrons. The number of hydrogen-bond acceptors (Lipinski definition) is 3. The molecule has 0 spiro atoms. The third-order valence-electron chi connectivity index (χ3n) is 5.03. The summed E-state index contributed by atoms with van der Waals surface area (Å²) in [7, 11) is 0. The maximum Gasteiger partial charge on any atom is 0.326 e. The average molecular weight is 380 g/mol. The molecule has 2 amide bonds. The van der Waals surface area contributed by atoms with Gasteiger partial charge < -0.3 is 15.3 Å². The third-order valence-corrected chi connectivity index (χ3v) is 5.03. The standard InChI is InChI=1S/C22H24N2O4/c25-20(24-14-8-7-13-19(24)22(27)28)15-18(16-9-3-1-4-10-16)23-21(26)17-11-5-2-6-12-17/h1-6,9-12,18-19H,7-8,13-15H2,(H,23,26)(H,27,28)/t18?,19-/m1/s1. The summed E-state index contributed by atoms with van der Waals surface area (Å²) in [6.45, 7) is 0.434. The number of aliphatic carboxylic acids is 1. The molecular weight excluding hydrogens is 356 g/mol. The van der Waals surface area contributed by atoms with Gasteiger partial charge in [-0.25, -0.2) is 4.79 Å². The minimum Gasteiger partial charge on any atom is -0.480 e. The zero-order chi connectivity index (χ0) is 19.9. The number of carbonyl (C=O) groups excluding carboxylic acids is 2. The number of nitrogens with one attached hydrogen (secondary N) is 1. The maximum atomic E-state index is 12.9. The molecule has 1 aliphatic heterocycles. The van der Waals surface area contributed by atoms with Gasteiger partial charge in [0.15, 0.2) is 0 Å². The topological polar surface area (TPSA) is 86.7 Å². The predicted molar refractivity (Wildman–Crippen MR) is 105 cm³/mol. The van der Waals surface area contributed by atoms with Crippen LogP contribution in [-0.4, -0.2) is 40.4 Å². The SMILES string of the molecule is O=C(NC(CC(=O)N1CCCC[C@@H]1C(=O)O)c1ccccc1)c1ccccc1. The van der Waals surface area contributed by atoms with Crippen molar-refractivity contribution in [3.63, 3.8) is 0 Å². The van der Waals surface area contributed by atoms with E-state index in [0.717, 1.165) is 18.4 Å². The van der Waals surface area contributed by atoms with E-state index in [1.54, 1.807) is 24.3 Å². The van der Waals surface area contributed by atoms with E-state index in [2.05, 4.69) is 5.32 Å². The number of carboxylic acids is 1. The van der Waals surface area contributed by atoms with E-state index < -0.39 is 18.1 Å². The number of amides is 2. The Kier molecular flexibility index (Phi) is 6.42. The first-order valence-electron chi connectivity index (χ1n) is 9.49. The number of carbonyl (C=O) groups is 3. The summed E-state index contributed by atoms with van der Waals surface area (Å²) >= 11 is 0. The van der Waals surface area contributed by atoms with Gasteiger partial charge in [-0.05, 0) is 37.0 Å². The molecule has 6 heteroatoms. The van der Waals surface area contributed by atoms with Crippen LogP contribution in [0.1, 0.15) is 47.6 Å². The number of nitrogens with zero attached hydrogens (tertiary/aromatic N) is 1. The summed E-state index contributed by atoms with van der Waals surface area (Å²) in [6.07, 6.45) is 2.08. The second kappa shape index (κ2) is 9.17. The fourth-order valence-electron chi connectivity index (χ4n) is 3.55. The summed E-state index contributed by atoms with van der Waals surface area (Å²) < 4.78 is 0. The Morgan fingerprint density at radius 2 is 1.64 bits per heavy atom. The highest BCUT2D eigenvalue weighted by Gasteiger charge is 2.33. The van der Waals surface area contributed by atoms with Crippen LogP contribution >= 0.6 is 0 Å². The van der Waals surface area contributed by atoms with Crippen LogP contribution in [0.4, 0.5) is 0 Å². The molecule has 2 aromatic carbocycles. The van der Waals surface area contributed by atoms with Gasteiger partial charge in [0, 0.05) is 12.1 Å². The van der Waals surface area contributed by atoms with Gasteiger partial charge in [0.2, 0.25) is 5.91 Å². The molecule has 146 valence electrons. The van der Waals surface area contributed by atoms with Crippen LogP contribution in [-0.2, 0) is 9.59 Å². The maximum absolute atomic E-state index is 12.9. The molecule has 1 aliphatic rings. The summed E-state index contributed by atoms with van der Waals surface area (Å²) in [5.74, 6) is -1.50. The van der Waals surface area contributed by atoms with Crippen LogP contribution in [0.5, 0.6) is 0 Å². The Balaban J connectivity index is 1.78. The fourth-order valence-corrected chi connectivity index (χ4v) is 3.55. The zero-order valence-corrected chi connectivity index (χ0v) is 15.6. The highest BCUT2D eigenvalue weighted by molar-refractivity contribution is 5.95. The van der Waals surface area contributed by atoms with Crippen LogP contribution in [0, 0.1) is 0 Å². The van der Waals surface area contributed by atoms with Gasteiger partial charge in [0.25, 0.3) is 5.91 Å². The van der Waals surface area contributed by atoms with Crippen molar-refractivity contribution >= 4 is 17.8 Å². The molecule has 0 aliphatic carbocycles. The Morgan fingerprint density at radius 3 is 2.29 bits per heavy atom. The molecule has 0 bridgehead atoms. The lowest BCUT2D eigenvalue weighted by Crippen LogP contribution is -2.49. The molecule has 1 fully saturated rings. The van der Waals surface area contributed by atoms with E-state index in [-0.39, 0.29) is 18.2 Å². The van der Waals surface area contributed by atoms with Crippen molar-refractivity contribution in [1.29, 1.82) is 0 Å². The Hall–Kier alpha value is -3.15. The molecule has 1 heterocycles. The second-order valence-electron chi connectivity index (χ2n) is 6.94. The molecule has 2 atom stereocenters. The number of rotatable bonds is 6. The quantitative estimate of drug-likeness (QED) is 0.807. The van der Waals surface area contributed by atoms with Gasteiger partial charge in [-0.1, -0.05) is 48.5 Å². The smallest absolute Gasteiger partial charge is 0.326 e. The van der Waals surface area contributed by atoms with Gasteiger partial charge >= 0.3 is 5.97 Å². The lowest BCUT2D eigenvalue weighted by atomic mass is 9.98. The van der Waals surface area contributed by atoms with E-state index in [4.69, 9.17) is 0 Å². The predicted octanol–water partition coefficient (Wildman–Crippen LogP) is 3.01. The number of hydrogen-bond donors (Lipinski definition) is 2. The second-order valence-corrected chi connectivity index (χ2v) is 6.94. The van der Waals surface area contributed by atoms with E-state index in [1.807, 2.05) is 36.4 Å². The first kappa shape index (κ1) is 19.6. The van der Waals surface area contributed by atoms with Gasteiger partial charge in [-0.3, -0.25) is 9.59 Å². The molecule has 0 saturated carbocycles. The van der Waals surface area contributed by atoms with Crippen molar-refractivity contribution in [2.24, 2.45) is 0 Å². The molecule has 0 aromatic heterocycles. The Bertz CT molecular complexity index is 823. The van der Waals surface area contributed by atoms with Crippen molar-refractivity contribution in [3.05, 3.63) is 71.8 Å². The summed E-state index contributed by atoms with van der Waals surface area (Å²) in [5, 5.41) is 12.4. The van der Waals surface area contributed by atoms with Gasteiger partial charge in [-0.15, -0.1) is 0 Å². The Labute approximate surface area is 164 Å². The van der Waals surface area contributed by atoms with Crippen molar-refractivity contribution in [1.82, 2.24) is 10.2 Å². The van der Waals surface area contributed by atoms with E-state index in [0.29, 0.717) is 18.5 Å². The third kappa shape index (κ3) is 4.76. The lowest BCUT2D eigenvalue weighted by molar-refractivity contribution is -0.152. The van der Waals surface area contributed by atoms with Crippen LogP contribution in [0.3, 0.4) is 0 Å². The van der Waals surface area contributed by atoms with Crippen LogP contribution in [0.25, 0.3) is 0 Å². The first-order chi connectivity index (χ1) is 13.6. The highest BCUT2D eigenvalue weighted by atomic mass is 16.4. The van der Waals surface area contributed by atoms with Crippen molar-refractivity contribution in [2.45, 2.75) is 37.8 Å². The molecule has 2 N–H and O–H groups in total. The van der Waals surface area contributed by atoms with Crippen LogP contribution in [0.2, 0.25) is 0 Å². The number of carboxylic acid groups (broad SMARTS) is 1. The number of benzene rings is 2. The summed E-state index contributed by atoms with van der Waals surface area (Å²) in [4.78, 5) is 38.5. The average Bonchev–Trinajstić information content (AvgIpc) is 2.74. The monoisotopic (exact) mass is 380 g/mol. The fraction of sp³-hybridized carbons (Fsp3) is 0.318. The molecule has 1 unspecified atom stereocenters. The number of likely N-dealkylation sites (tertiary alicyclic amines) is 1.